The largest absolute Gasteiger partial charge is 0.472 e. The first kappa shape index (κ1) is 50.2. The van der Waals surface area contributed by atoms with Crippen molar-refractivity contribution in [3.05, 3.63) is 36.5 Å². The summed E-state index contributed by atoms with van der Waals surface area (Å²) in [6, 6.07) is 0. The molecule has 0 fully saturated rings. The summed E-state index contributed by atoms with van der Waals surface area (Å²) in [5, 5.41) is 0. The van der Waals surface area contributed by atoms with Gasteiger partial charge in [-0.3, -0.25) is 18.6 Å². The van der Waals surface area contributed by atoms with Crippen LogP contribution in [0.3, 0.4) is 0 Å². The number of esters is 2. The van der Waals surface area contributed by atoms with E-state index in [0.29, 0.717) is 6.42 Å². The molecule has 0 saturated heterocycles. The number of rotatable bonds is 39. The van der Waals surface area contributed by atoms with Crippen LogP contribution in [0.4, 0.5) is 0 Å². The summed E-state index contributed by atoms with van der Waals surface area (Å²) >= 11 is 0. The Hall–Kier alpha value is -1.77. The van der Waals surface area contributed by atoms with Gasteiger partial charge in [0.1, 0.15) is 6.61 Å². The van der Waals surface area contributed by atoms with Gasteiger partial charge in [0.05, 0.1) is 13.2 Å². The number of hydrogen-bond donors (Lipinski definition) is 2. The number of carbonyl (C=O) groups is 2. The zero-order chi connectivity index (χ0) is 38.2. The predicted octanol–water partition coefficient (Wildman–Crippen LogP) is 11.8. The molecule has 0 aromatic heterocycles. The maximum atomic E-state index is 12.5. The maximum Gasteiger partial charge on any atom is 0.472 e. The second kappa shape index (κ2) is 38.9. The van der Waals surface area contributed by atoms with Crippen LogP contribution in [-0.2, 0) is 32.7 Å². The zero-order valence-electron chi connectivity index (χ0n) is 33.3. The van der Waals surface area contributed by atoms with Gasteiger partial charge in [-0.15, -0.1) is 0 Å². The molecule has 0 aromatic carbocycles. The Bertz CT molecular complexity index is 954. The molecule has 10 heteroatoms. The quantitative estimate of drug-likeness (QED) is 0.0272. The highest BCUT2D eigenvalue weighted by Gasteiger charge is 2.25. The van der Waals surface area contributed by atoms with Crippen molar-refractivity contribution in [1.29, 1.82) is 0 Å². The van der Waals surface area contributed by atoms with Gasteiger partial charge < -0.3 is 20.1 Å². The Morgan fingerprint density at radius 1 is 0.577 bits per heavy atom. The van der Waals surface area contributed by atoms with Gasteiger partial charge in [0, 0.05) is 19.4 Å². The highest BCUT2D eigenvalue weighted by Crippen LogP contribution is 2.43. The average molecular weight is 756 g/mol. The third kappa shape index (κ3) is 38.0. The second-order valence-corrected chi connectivity index (χ2v) is 15.3. The van der Waals surface area contributed by atoms with Crippen LogP contribution in [-0.4, -0.2) is 49.3 Å². The molecule has 0 saturated carbocycles. The predicted molar refractivity (Wildman–Crippen MR) is 215 cm³/mol. The van der Waals surface area contributed by atoms with Gasteiger partial charge in [0.25, 0.3) is 0 Å². The van der Waals surface area contributed by atoms with E-state index in [-0.39, 0.29) is 32.6 Å². The number of carbonyl (C=O) groups excluding carboxylic acids is 2. The lowest BCUT2D eigenvalue weighted by atomic mass is 10.0. The molecule has 0 aliphatic carbocycles. The molecule has 0 spiro atoms. The molecule has 0 bridgehead atoms. The van der Waals surface area contributed by atoms with E-state index in [2.05, 4.69) is 44.2 Å². The number of allylic oxidation sites excluding steroid dienone is 6. The van der Waals surface area contributed by atoms with Crippen molar-refractivity contribution >= 4 is 19.8 Å². The van der Waals surface area contributed by atoms with Crippen molar-refractivity contribution in [2.24, 2.45) is 5.73 Å². The van der Waals surface area contributed by atoms with E-state index in [0.717, 1.165) is 44.9 Å². The third-order valence-electron chi connectivity index (χ3n) is 8.78. The molecule has 3 N–H and O–H groups in total. The van der Waals surface area contributed by atoms with Gasteiger partial charge in [0.15, 0.2) is 6.10 Å². The van der Waals surface area contributed by atoms with E-state index >= 15 is 0 Å². The summed E-state index contributed by atoms with van der Waals surface area (Å²) in [6.45, 7) is 3.67. The zero-order valence-corrected chi connectivity index (χ0v) is 34.2. The minimum absolute atomic E-state index is 0.0463. The molecule has 0 amide bonds. The van der Waals surface area contributed by atoms with Crippen LogP contribution in [0.2, 0.25) is 0 Å². The molecule has 0 rings (SSSR count). The molecule has 0 aliphatic heterocycles. The van der Waals surface area contributed by atoms with E-state index in [1.807, 2.05) is 6.08 Å². The maximum absolute atomic E-state index is 12.5. The van der Waals surface area contributed by atoms with E-state index in [1.165, 1.54) is 109 Å². The van der Waals surface area contributed by atoms with Crippen LogP contribution in [0.1, 0.15) is 187 Å². The van der Waals surface area contributed by atoms with Crippen LogP contribution < -0.4 is 5.73 Å². The number of phosphoric acid groups is 1. The molecule has 0 aliphatic rings. The Labute approximate surface area is 318 Å². The van der Waals surface area contributed by atoms with Crippen LogP contribution in [0.5, 0.6) is 0 Å². The molecule has 1 unspecified atom stereocenters. The van der Waals surface area contributed by atoms with E-state index in [1.54, 1.807) is 0 Å². The summed E-state index contributed by atoms with van der Waals surface area (Å²) in [6.07, 6.45) is 41.8. The smallest absolute Gasteiger partial charge is 0.462 e. The number of hydrogen-bond acceptors (Lipinski definition) is 8. The Morgan fingerprint density at radius 3 is 1.54 bits per heavy atom. The van der Waals surface area contributed by atoms with Gasteiger partial charge >= 0.3 is 19.8 Å². The number of nitrogens with two attached hydrogens (primary N) is 1. The Kier molecular flexibility index (Phi) is 37.6. The molecular formula is C42H78NO8P. The first-order valence-corrected chi connectivity index (χ1v) is 22.5. The molecule has 52 heavy (non-hydrogen) atoms. The first-order valence-electron chi connectivity index (χ1n) is 21.0. The van der Waals surface area contributed by atoms with Gasteiger partial charge in [-0.25, -0.2) is 4.57 Å². The van der Waals surface area contributed by atoms with Crippen molar-refractivity contribution < 1.29 is 37.6 Å². The summed E-state index contributed by atoms with van der Waals surface area (Å²) in [5.41, 5.74) is 5.34. The van der Waals surface area contributed by atoms with Crippen molar-refractivity contribution in [1.82, 2.24) is 0 Å². The number of phosphoric ester groups is 1. The van der Waals surface area contributed by atoms with E-state index in [4.69, 9.17) is 24.3 Å². The second-order valence-electron chi connectivity index (χ2n) is 13.9. The summed E-state index contributed by atoms with van der Waals surface area (Å²) < 4.78 is 32.7. The lowest BCUT2D eigenvalue weighted by molar-refractivity contribution is -0.161. The minimum atomic E-state index is -4.38. The normalized spacial score (nSPS) is 13.7. The summed E-state index contributed by atoms with van der Waals surface area (Å²) in [4.78, 5) is 34.8. The Morgan fingerprint density at radius 2 is 1.02 bits per heavy atom. The number of ether oxygens (including phenoxy) is 2. The van der Waals surface area contributed by atoms with Gasteiger partial charge in [-0.05, 0) is 44.9 Å². The van der Waals surface area contributed by atoms with Crippen molar-refractivity contribution in [3.63, 3.8) is 0 Å². The van der Waals surface area contributed by atoms with Gasteiger partial charge in [-0.2, -0.15) is 0 Å². The first-order chi connectivity index (χ1) is 25.3. The van der Waals surface area contributed by atoms with Gasteiger partial charge in [-0.1, -0.05) is 166 Å². The van der Waals surface area contributed by atoms with Crippen molar-refractivity contribution in [2.75, 3.05) is 26.4 Å². The Balaban J connectivity index is 4.26. The van der Waals surface area contributed by atoms with E-state index < -0.39 is 32.5 Å². The molecule has 304 valence electrons. The van der Waals surface area contributed by atoms with Crippen molar-refractivity contribution in [2.45, 2.75) is 193 Å². The minimum Gasteiger partial charge on any atom is -0.462 e. The molecule has 9 nitrogen and oxygen atoms in total. The van der Waals surface area contributed by atoms with Crippen LogP contribution in [0.25, 0.3) is 0 Å². The number of unbranched alkanes of at least 4 members (excludes halogenated alkanes) is 20. The molecule has 0 aromatic rings. The highest BCUT2D eigenvalue weighted by atomic mass is 31.2. The lowest BCUT2D eigenvalue weighted by Gasteiger charge is -2.19. The van der Waals surface area contributed by atoms with Crippen molar-refractivity contribution in [3.8, 4) is 0 Å². The van der Waals surface area contributed by atoms with Crippen LogP contribution in [0, 0.1) is 0 Å². The molecule has 0 radical (unpaired) electrons. The SMILES string of the molecule is CCCCCCCC/C=C/C/C=C/C/C=C/CCCC(=O)O[C@H](COC(=O)CCCCCCCCCCCCCCCC)COP(=O)(O)OCCN. The monoisotopic (exact) mass is 756 g/mol. The molecule has 0 heterocycles. The average Bonchev–Trinajstić information content (AvgIpc) is 3.13. The van der Waals surface area contributed by atoms with E-state index in [9.17, 15) is 19.0 Å². The van der Waals surface area contributed by atoms with Gasteiger partial charge in [0.2, 0.25) is 0 Å². The fourth-order valence-electron chi connectivity index (χ4n) is 5.65. The fraction of sp³-hybridized carbons (Fsp3) is 0.810. The van der Waals surface area contributed by atoms with Crippen LogP contribution in [0.15, 0.2) is 36.5 Å². The fourth-order valence-corrected chi connectivity index (χ4v) is 6.42. The topological polar surface area (TPSA) is 134 Å². The third-order valence-corrected chi connectivity index (χ3v) is 9.76. The summed E-state index contributed by atoms with van der Waals surface area (Å²) in [5.74, 6) is -0.886. The lowest BCUT2D eigenvalue weighted by Crippen LogP contribution is -2.29. The summed E-state index contributed by atoms with van der Waals surface area (Å²) in [7, 11) is -4.38. The standard InChI is InChI=1S/C42H78NO8P/c1-3-5-7-9-11-13-15-17-19-20-21-23-25-27-29-31-33-35-42(45)51-40(39-50-52(46,47)49-37-36-43)38-48-41(44)34-32-30-28-26-24-22-18-16-14-12-10-8-6-4-2/h17,19,21,23,27,29,40H,3-16,18,20,22,24-26,28,30-39,43H2,1-2H3,(H,46,47)/b19-17+,23-21+,29-27+/t40-/m1/s1. The van der Waals surface area contributed by atoms with Crippen LogP contribution >= 0.6 is 7.82 Å². The highest BCUT2D eigenvalue weighted by molar-refractivity contribution is 7.47. The molecular weight excluding hydrogens is 677 g/mol. The molecule has 2 atom stereocenters.